The van der Waals surface area contributed by atoms with E-state index in [1.165, 1.54) is 12.8 Å². The molecule has 2 aliphatic rings. The maximum atomic E-state index is 5.66. The summed E-state index contributed by atoms with van der Waals surface area (Å²) < 4.78 is 10.9. The molecule has 1 aliphatic carbocycles. The highest BCUT2D eigenvalue weighted by Gasteiger charge is 2.24. The van der Waals surface area contributed by atoms with Gasteiger partial charge in [0.1, 0.15) is 6.10 Å². The molecule has 1 aromatic heterocycles. The molecule has 1 saturated heterocycles. The van der Waals surface area contributed by atoms with Gasteiger partial charge in [-0.1, -0.05) is 5.16 Å². The van der Waals surface area contributed by atoms with E-state index in [1.807, 2.05) is 0 Å². The van der Waals surface area contributed by atoms with Gasteiger partial charge < -0.3 is 19.5 Å². The molecule has 2 heterocycles. The summed E-state index contributed by atoms with van der Waals surface area (Å²) in [6.45, 7) is 3.44. The number of likely N-dealkylation sites (N-methyl/N-ethyl adjacent to an activating group) is 1. The average molecular weight is 252 g/mol. The van der Waals surface area contributed by atoms with Gasteiger partial charge >= 0.3 is 0 Å². The van der Waals surface area contributed by atoms with Crippen molar-refractivity contribution in [3.05, 3.63) is 11.7 Å². The van der Waals surface area contributed by atoms with Gasteiger partial charge in [0.2, 0.25) is 11.7 Å². The molecule has 1 atom stereocenters. The zero-order chi connectivity index (χ0) is 12.4. The molecule has 2 fully saturated rings. The second-order valence-corrected chi connectivity index (χ2v) is 5.15. The molecule has 1 aliphatic heterocycles. The van der Waals surface area contributed by atoms with Gasteiger partial charge in [0.15, 0.2) is 0 Å². The zero-order valence-corrected chi connectivity index (χ0v) is 10.8. The van der Waals surface area contributed by atoms with E-state index in [4.69, 9.17) is 9.26 Å². The number of nitrogens with one attached hydrogen (secondary N) is 1. The van der Waals surface area contributed by atoms with Crippen LogP contribution in [0.25, 0.3) is 0 Å². The van der Waals surface area contributed by atoms with Gasteiger partial charge in [0.25, 0.3) is 0 Å². The minimum atomic E-state index is -0.0439. The molecule has 0 aromatic carbocycles. The van der Waals surface area contributed by atoms with Crippen LogP contribution in [0.4, 0.5) is 0 Å². The van der Waals surface area contributed by atoms with Crippen molar-refractivity contribution >= 4 is 0 Å². The van der Waals surface area contributed by atoms with Crippen LogP contribution in [-0.2, 0) is 11.2 Å². The zero-order valence-electron chi connectivity index (χ0n) is 10.8. The average Bonchev–Trinajstić information content (AvgIpc) is 3.06. The largest absolute Gasteiger partial charge is 0.367 e. The van der Waals surface area contributed by atoms with Gasteiger partial charge in [-0.05, 0) is 19.9 Å². The van der Waals surface area contributed by atoms with E-state index < -0.39 is 0 Å². The van der Waals surface area contributed by atoms with Crippen LogP contribution in [0.3, 0.4) is 0 Å². The van der Waals surface area contributed by atoms with Crippen molar-refractivity contribution in [2.75, 3.05) is 33.3 Å². The third-order valence-electron chi connectivity index (χ3n) is 3.39. The monoisotopic (exact) mass is 252 g/mol. The lowest BCUT2D eigenvalue weighted by molar-refractivity contribution is -0.0264. The Morgan fingerprint density at radius 1 is 1.44 bits per heavy atom. The van der Waals surface area contributed by atoms with Crippen LogP contribution in [0, 0.1) is 0 Å². The summed E-state index contributed by atoms with van der Waals surface area (Å²) in [4.78, 5) is 6.64. The Bertz CT molecular complexity index is 391. The molecule has 1 unspecified atom stereocenters. The quantitative estimate of drug-likeness (QED) is 0.816. The first-order valence-electron chi connectivity index (χ1n) is 6.67. The van der Waals surface area contributed by atoms with E-state index >= 15 is 0 Å². The Kier molecular flexibility index (Phi) is 3.58. The number of nitrogens with zero attached hydrogens (tertiary/aromatic N) is 3. The molecule has 3 rings (SSSR count). The number of rotatable bonds is 5. The van der Waals surface area contributed by atoms with Crippen molar-refractivity contribution in [1.82, 2.24) is 20.4 Å². The minimum absolute atomic E-state index is 0.0439. The van der Waals surface area contributed by atoms with E-state index in [-0.39, 0.29) is 6.10 Å². The van der Waals surface area contributed by atoms with Crippen molar-refractivity contribution in [2.45, 2.75) is 31.4 Å². The summed E-state index contributed by atoms with van der Waals surface area (Å²) in [7, 11) is 2.08. The molecule has 0 amide bonds. The Morgan fingerprint density at radius 3 is 3.11 bits per heavy atom. The van der Waals surface area contributed by atoms with Crippen LogP contribution in [0.5, 0.6) is 0 Å². The fraction of sp³-hybridized carbons (Fsp3) is 0.833. The van der Waals surface area contributed by atoms with Gasteiger partial charge in [-0.2, -0.15) is 4.98 Å². The highest BCUT2D eigenvalue weighted by Crippen LogP contribution is 2.20. The van der Waals surface area contributed by atoms with Crippen molar-refractivity contribution in [3.8, 4) is 0 Å². The second-order valence-electron chi connectivity index (χ2n) is 5.15. The lowest BCUT2D eigenvalue weighted by Gasteiger charge is -2.27. The van der Waals surface area contributed by atoms with Crippen molar-refractivity contribution in [3.63, 3.8) is 0 Å². The van der Waals surface area contributed by atoms with E-state index in [0.29, 0.717) is 11.7 Å². The summed E-state index contributed by atoms with van der Waals surface area (Å²) in [5.74, 6) is 1.39. The van der Waals surface area contributed by atoms with Crippen LogP contribution in [-0.4, -0.2) is 54.4 Å². The third-order valence-corrected chi connectivity index (χ3v) is 3.39. The highest BCUT2D eigenvalue weighted by molar-refractivity contribution is 4.94. The summed E-state index contributed by atoms with van der Waals surface area (Å²) >= 11 is 0. The Hall–Kier alpha value is -0.980. The molecular formula is C12H20N4O2. The van der Waals surface area contributed by atoms with Gasteiger partial charge in [-0.15, -0.1) is 0 Å². The van der Waals surface area contributed by atoms with Gasteiger partial charge in [-0.25, -0.2) is 0 Å². The number of aromatic nitrogens is 2. The molecular weight excluding hydrogens is 232 g/mol. The predicted octanol–water partition coefficient (Wildman–Crippen LogP) is 0.367. The third kappa shape index (κ3) is 3.07. The summed E-state index contributed by atoms with van der Waals surface area (Å²) in [6, 6.07) is 0.725. The van der Waals surface area contributed by atoms with E-state index in [1.54, 1.807) is 0 Å². The highest BCUT2D eigenvalue weighted by atomic mass is 16.5. The summed E-state index contributed by atoms with van der Waals surface area (Å²) in [5.41, 5.74) is 0. The lowest BCUT2D eigenvalue weighted by atomic mass is 10.3. The molecule has 1 N–H and O–H groups in total. The lowest BCUT2D eigenvalue weighted by Crippen LogP contribution is -2.35. The summed E-state index contributed by atoms with van der Waals surface area (Å²) in [6.07, 6.45) is 3.36. The number of ether oxygens (including phenoxy) is 1. The van der Waals surface area contributed by atoms with Crippen molar-refractivity contribution < 1.29 is 9.26 Å². The van der Waals surface area contributed by atoms with Crippen LogP contribution in [0.1, 0.15) is 30.7 Å². The standard InChI is InChI=1S/C12H20N4O2/c1-16-6-7-17-10(8-16)12-14-11(18-15-12)4-5-13-9-2-3-9/h9-10,13H,2-8H2,1H3. The first-order chi connectivity index (χ1) is 8.81. The Morgan fingerprint density at radius 2 is 2.33 bits per heavy atom. The second kappa shape index (κ2) is 5.34. The first kappa shape index (κ1) is 12.1. The molecule has 0 radical (unpaired) electrons. The van der Waals surface area contributed by atoms with E-state index in [2.05, 4.69) is 27.4 Å². The van der Waals surface area contributed by atoms with Gasteiger partial charge in [0, 0.05) is 32.1 Å². The molecule has 6 nitrogen and oxygen atoms in total. The van der Waals surface area contributed by atoms with Crippen LogP contribution in [0.15, 0.2) is 4.52 Å². The van der Waals surface area contributed by atoms with Crippen molar-refractivity contribution in [1.29, 1.82) is 0 Å². The van der Waals surface area contributed by atoms with Crippen LogP contribution in [0.2, 0.25) is 0 Å². The fourth-order valence-corrected chi connectivity index (χ4v) is 2.11. The maximum Gasteiger partial charge on any atom is 0.228 e. The number of hydrogen-bond donors (Lipinski definition) is 1. The summed E-state index contributed by atoms with van der Waals surface area (Å²) in [5, 5.41) is 7.46. The fourth-order valence-electron chi connectivity index (χ4n) is 2.11. The SMILES string of the molecule is CN1CCOC(c2noc(CCNC3CC3)n2)C1. The van der Waals surface area contributed by atoms with Gasteiger partial charge in [-0.3, -0.25) is 0 Å². The van der Waals surface area contributed by atoms with Gasteiger partial charge in [0.05, 0.1) is 6.61 Å². The Balaban J connectivity index is 1.51. The predicted molar refractivity (Wildman–Crippen MR) is 65.2 cm³/mol. The van der Waals surface area contributed by atoms with E-state index in [0.717, 1.165) is 38.7 Å². The topological polar surface area (TPSA) is 63.4 Å². The van der Waals surface area contributed by atoms with Crippen molar-refractivity contribution in [2.24, 2.45) is 0 Å². The molecule has 0 spiro atoms. The maximum absolute atomic E-state index is 5.66. The number of morpholine rings is 1. The first-order valence-corrected chi connectivity index (χ1v) is 6.67. The molecule has 6 heteroatoms. The Labute approximate surface area is 107 Å². The molecule has 100 valence electrons. The van der Waals surface area contributed by atoms with E-state index in [9.17, 15) is 0 Å². The number of hydrogen-bond acceptors (Lipinski definition) is 6. The molecule has 18 heavy (non-hydrogen) atoms. The smallest absolute Gasteiger partial charge is 0.228 e. The normalized spacial score (nSPS) is 25.5. The molecule has 1 aromatic rings. The minimum Gasteiger partial charge on any atom is -0.367 e. The van der Waals surface area contributed by atoms with Crippen LogP contribution < -0.4 is 5.32 Å². The van der Waals surface area contributed by atoms with Crippen LogP contribution >= 0.6 is 0 Å². The molecule has 0 bridgehead atoms. The molecule has 1 saturated carbocycles.